The minimum Gasteiger partial charge on any atom is -0.395 e. The number of likely N-dealkylation sites (N-methyl/N-ethyl adjacent to an activating group) is 1. The van der Waals surface area contributed by atoms with Gasteiger partial charge in [0.25, 0.3) is 0 Å². The first-order valence-electron chi connectivity index (χ1n) is 4.81. The molecule has 1 saturated heterocycles. The summed E-state index contributed by atoms with van der Waals surface area (Å²) >= 11 is 0. The number of aliphatic hydroxyl groups excluding tert-OH is 1. The van der Waals surface area contributed by atoms with Gasteiger partial charge < -0.3 is 10.0 Å². The summed E-state index contributed by atoms with van der Waals surface area (Å²) in [4.78, 5) is 4.87. The summed E-state index contributed by atoms with van der Waals surface area (Å²) in [7, 11) is 2.19. The molecule has 0 radical (unpaired) electrons. The third-order valence-electron chi connectivity index (χ3n) is 3.18. The van der Waals surface area contributed by atoms with E-state index in [9.17, 15) is 0 Å². The second-order valence-corrected chi connectivity index (χ2v) is 4.17. The van der Waals surface area contributed by atoms with Crippen LogP contribution in [-0.4, -0.2) is 60.3 Å². The molecular weight excluding hydrogens is 152 g/mol. The van der Waals surface area contributed by atoms with E-state index in [1.165, 1.54) is 19.4 Å². The maximum Gasteiger partial charge on any atom is 0.0558 e. The minimum absolute atomic E-state index is 0.311. The highest BCUT2D eigenvalue weighted by atomic mass is 16.3. The van der Waals surface area contributed by atoms with Crippen LogP contribution in [0.15, 0.2) is 0 Å². The van der Waals surface area contributed by atoms with Crippen LogP contribution in [0.1, 0.15) is 12.8 Å². The highest BCUT2D eigenvalue weighted by Gasteiger charge is 2.49. The fourth-order valence-electron chi connectivity index (χ4n) is 2.30. The Hall–Kier alpha value is -0.120. The minimum atomic E-state index is 0.311. The number of hydrogen-bond donors (Lipinski definition) is 1. The average molecular weight is 170 g/mol. The highest BCUT2D eigenvalue weighted by molar-refractivity contribution is 5.07. The summed E-state index contributed by atoms with van der Waals surface area (Å²) in [6, 6.07) is 0. The third kappa shape index (κ3) is 1.37. The Morgan fingerprint density at radius 2 is 2.08 bits per heavy atom. The lowest BCUT2D eigenvalue weighted by atomic mass is 10.1. The molecule has 0 aromatic heterocycles. The van der Waals surface area contributed by atoms with Crippen molar-refractivity contribution in [2.45, 2.75) is 18.4 Å². The Kier molecular flexibility index (Phi) is 2.10. The molecule has 1 spiro atoms. The van der Waals surface area contributed by atoms with E-state index in [0.29, 0.717) is 12.1 Å². The van der Waals surface area contributed by atoms with Crippen LogP contribution in [0.2, 0.25) is 0 Å². The quantitative estimate of drug-likeness (QED) is 0.619. The summed E-state index contributed by atoms with van der Waals surface area (Å²) < 4.78 is 0. The largest absolute Gasteiger partial charge is 0.395 e. The Balaban J connectivity index is 1.96. The molecule has 0 amide bonds. The molecule has 2 aliphatic rings. The lowest BCUT2D eigenvalue weighted by Gasteiger charge is -2.40. The molecule has 2 rings (SSSR count). The summed E-state index contributed by atoms with van der Waals surface area (Å²) in [5.74, 6) is 0. The van der Waals surface area contributed by atoms with Crippen molar-refractivity contribution in [3.63, 3.8) is 0 Å². The number of aliphatic hydroxyl groups is 1. The van der Waals surface area contributed by atoms with Gasteiger partial charge in [-0.25, -0.2) is 0 Å². The molecule has 1 aliphatic carbocycles. The van der Waals surface area contributed by atoms with Gasteiger partial charge in [-0.3, -0.25) is 4.90 Å². The van der Waals surface area contributed by atoms with Gasteiger partial charge in [-0.05, 0) is 19.9 Å². The smallest absolute Gasteiger partial charge is 0.0558 e. The zero-order valence-corrected chi connectivity index (χ0v) is 7.79. The predicted molar refractivity (Wildman–Crippen MR) is 48.1 cm³/mol. The van der Waals surface area contributed by atoms with Crippen LogP contribution in [0.25, 0.3) is 0 Å². The molecule has 3 heteroatoms. The van der Waals surface area contributed by atoms with Crippen molar-refractivity contribution in [3.8, 4) is 0 Å². The molecule has 3 nitrogen and oxygen atoms in total. The summed E-state index contributed by atoms with van der Waals surface area (Å²) in [5.41, 5.74) is 0.468. The Bertz CT molecular complexity index is 168. The lowest BCUT2D eigenvalue weighted by molar-refractivity contribution is 0.0584. The third-order valence-corrected chi connectivity index (χ3v) is 3.18. The van der Waals surface area contributed by atoms with Crippen LogP contribution in [0.3, 0.4) is 0 Å². The van der Waals surface area contributed by atoms with Gasteiger partial charge in [0, 0.05) is 31.7 Å². The lowest BCUT2D eigenvalue weighted by Crippen LogP contribution is -2.54. The van der Waals surface area contributed by atoms with Crippen molar-refractivity contribution >= 4 is 0 Å². The van der Waals surface area contributed by atoms with E-state index in [2.05, 4.69) is 16.8 Å². The van der Waals surface area contributed by atoms with E-state index in [-0.39, 0.29) is 0 Å². The maximum atomic E-state index is 8.89. The van der Waals surface area contributed by atoms with Crippen molar-refractivity contribution in [2.24, 2.45) is 0 Å². The van der Waals surface area contributed by atoms with Crippen LogP contribution >= 0.6 is 0 Å². The van der Waals surface area contributed by atoms with Gasteiger partial charge in [0.2, 0.25) is 0 Å². The predicted octanol–water partition coefficient (Wildman–Crippen LogP) is -0.241. The second-order valence-electron chi connectivity index (χ2n) is 4.17. The number of hydrogen-bond acceptors (Lipinski definition) is 3. The molecule has 70 valence electrons. The molecule has 1 heterocycles. The van der Waals surface area contributed by atoms with Crippen LogP contribution in [0.5, 0.6) is 0 Å². The van der Waals surface area contributed by atoms with E-state index < -0.39 is 0 Å². The molecule has 1 N–H and O–H groups in total. The fraction of sp³-hybridized carbons (Fsp3) is 1.00. The van der Waals surface area contributed by atoms with Gasteiger partial charge in [0.05, 0.1) is 6.61 Å². The monoisotopic (exact) mass is 170 g/mol. The van der Waals surface area contributed by atoms with E-state index in [0.717, 1.165) is 19.6 Å². The first-order valence-corrected chi connectivity index (χ1v) is 4.81. The Morgan fingerprint density at radius 1 is 1.33 bits per heavy atom. The van der Waals surface area contributed by atoms with Crippen LogP contribution < -0.4 is 0 Å². The number of β-amino-alcohol motifs (C(OH)–C–C–N with tert-alkyl or cyclic N) is 1. The normalized spacial score (nSPS) is 29.5. The molecule has 0 atom stereocenters. The average Bonchev–Trinajstić information content (AvgIpc) is 2.77. The number of nitrogens with zero attached hydrogens (tertiary/aromatic N) is 2. The molecule has 12 heavy (non-hydrogen) atoms. The van der Waals surface area contributed by atoms with E-state index in [1.807, 2.05) is 0 Å². The maximum absolute atomic E-state index is 8.89. The molecule has 1 aliphatic heterocycles. The first kappa shape index (κ1) is 8.48. The van der Waals surface area contributed by atoms with E-state index >= 15 is 0 Å². The molecule has 1 saturated carbocycles. The zero-order valence-electron chi connectivity index (χ0n) is 7.79. The van der Waals surface area contributed by atoms with E-state index in [4.69, 9.17) is 5.11 Å². The number of rotatable bonds is 2. The van der Waals surface area contributed by atoms with Crippen LogP contribution in [-0.2, 0) is 0 Å². The van der Waals surface area contributed by atoms with Crippen molar-refractivity contribution in [1.82, 2.24) is 9.80 Å². The van der Waals surface area contributed by atoms with Gasteiger partial charge in [0.1, 0.15) is 0 Å². The van der Waals surface area contributed by atoms with Gasteiger partial charge in [0.15, 0.2) is 0 Å². The standard InChI is InChI=1S/C9H18N2O/c1-10-4-5-11(6-7-12)9(8-10)2-3-9/h12H,2-8H2,1H3. The molecular formula is C9H18N2O. The van der Waals surface area contributed by atoms with Crippen molar-refractivity contribution in [2.75, 3.05) is 39.8 Å². The fourth-order valence-corrected chi connectivity index (χ4v) is 2.30. The van der Waals surface area contributed by atoms with Crippen molar-refractivity contribution in [1.29, 1.82) is 0 Å². The molecule has 0 aromatic rings. The van der Waals surface area contributed by atoms with Gasteiger partial charge >= 0.3 is 0 Å². The van der Waals surface area contributed by atoms with Gasteiger partial charge in [-0.1, -0.05) is 0 Å². The second kappa shape index (κ2) is 2.98. The van der Waals surface area contributed by atoms with Gasteiger partial charge in [-0.2, -0.15) is 0 Å². The van der Waals surface area contributed by atoms with E-state index in [1.54, 1.807) is 0 Å². The van der Waals surface area contributed by atoms with Crippen molar-refractivity contribution < 1.29 is 5.11 Å². The zero-order chi connectivity index (χ0) is 8.60. The van der Waals surface area contributed by atoms with Crippen LogP contribution in [0, 0.1) is 0 Å². The SMILES string of the molecule is CN1CCN(CCO)C2(CC2)C1. The topological polar surface area (TPSA) is 26.7 Å². The molecule has 0 aromatic carbocycles. The van der Waals surface area contributed by atoms with Crippen LogP contribution in [0.4, 0.5) is 0 Å². The summed E-state index contributed by atoms with van der Waals surface area (Å²) in [5, 5.41) is 8.89. The Morgan fingerprint density at radius 3 is 2.67 bits per heavy atom. The molecule has 0 unspecified atom stereocenters. The highest BCUT2D eigenvalue weighted by Crippen LogP contribution is 2.43. The summed E-state index contributed by atoms with van der Waals surface area (Å²) in [6.45, 7) is 4.67. The molecule has 0 bridgehead atoms. The Labute approximate surface area is 74.0 Å². The van der Waals surface area contributed by atoms with Gasteiger partial charge in [-0.15, -0.1) is 0 Å². The summed E-state index contributed by atoms with van der Waals surface area (Å²) in [6.07, 6.45) is 2.66. The van der Waals surface area contributed by atoms with Crippen molar-refractivity contribution in [3.05, 3.63) is 0 Å². The first-order chi connectivity index (χ1) is 5.77. The molecule has 2 fully saturated rings. The number of piperazine rings is 1.